The van der Waals surface area contributed by atoms with Gasteiger partial charge in [-0.05, 0) is 28.1 Å². The van der Waals surface area contributed by atoms with Crippen LogP contribution < -0.4 is 15.2 Å². The summed E-state index contributed by atoms with van der Waals surface area (Å²) in [7, 11) is 0. The molecule has 0 saturated heterocycles. The first-order valence-electron chi connectivity index (χ1n) is 4.64. The largest absolute Gasteiger partial charge is 0.453 e. The quantitative estimate of drug-likeness (QED) is 0.840. The molecule has 82 valence electrons. The van der Waals surface area contributed by atoms with Crippen molar-refractivity contribution in [2.24, 2.45) is 0 Å². The van der Waals surface area contributed by atoms with E-state index in [0.29, 0.717) is 17.3 Å². The maximum Gasteiger partial charge on any atom is 0.231 e. The lowest BCUT2D eigenvalue weighted by Crippen LogP contribution is -1.94. The Hall–Kier alpha value is -1.69. The highest BCUT2D eigenvalue weighted by molar-refractivity contribution is 9.10. The fraction of sp³-hybridized carbons (Fsp3) is 0.100. The smallest absolute Gasteiger partial charge is 0.231 e. The van der Waals surface area contributed by atoms with Crippen molar-refractivity contribution in [3.05, 3.63) is 22.8 Å². The number of fused-ring (bicyclic) bond motifs is 1. The van der Waals surface area contributed by atoms with Gasteiger partial charge in [-0.15, -0.1) is 0 Å². The van der Waals surface area contributed by atoms with E-state index >= 15 is 0 Å². The molecule has 0 unspecified atom stereocenters. The number of aromatic amines is 1. The number of anilines is 1. The Balaban J connectivity index is 2.23. The van der Waals surface area contributed by atoms with Crippen molar-refractivity contribution in [2.45, 2.75) is 0 Å². The Morgan fingerprint density at radius 2 is 2.06 bits per heavy atom. The maximum absolute atomic E-state index is 5.78. The van der Waals surface area contributed by atoms with Gasteiger partial charge in [0.1, 0.15) is 5.82 Å². The van der Waals surface area contributed by atoms with Gasteiger partial charge in [-0.3, -0.25) is 5.10 Å². The monoisotopic (exact) mass is 281 g/mol. The summed E-state index contributed by atoms with van der Waals surface area (Å²) in [4.78, 5) is 0. The third kappa shape index (κ3) is 1.26. The molecule has 1 aromatic carbocycles. The zero-order valence-corrected chi connectivity index (χ0v) is 9.74. The summed E-state index contributed by atoms with van der Waals surface area (Å²) in [6, 6.07) is 3.81. The van der Waals surface area contributed by atoms with Crippen LogP contribution in [0.15, 0.2) is 22.8 Å². The van der Waals surface area contributed by atoms with Gasteiger partial charge in [0, 0.05) is 11.1 Å². The predicted molar refractivity (Wildman–Crippen MR) is 62.3 cm³/mol. The maximum atomic E-state index is 5.78. The zero-order valence-electron chi connectivity index (χ0n) is 8.16. The van der Waals surface area contributed by atoms with E-state index in [1.54, 1.807) is 6.20 Å². The molecule has 3 rings (SSSR count). The molecule has 2 heterocycles. The van der Waals surface area contributed by atoms with Gasteiger partial charge in [-0.25, -0.2) is 0 Å². The number of hydrogen-bond donors (Lipinski definition) is 2. The molecule has 0 bridgehead atoms. The molecule has 1 aliphatic rings. The van der Waals surface area contributed by atoms with E-state index in [0.717, 1.165) is 15.6 Å². The van der Waals surface area contributed by atoms with Gasteiger partial charge in [-0.2, -0.15) is 5.10 Å². The zero-order chi connectivity index (χ0) is 11.1. The molecule has 5 nitrogen and oxygen atoms in total. The molecule has 0 atom stereocenters. The van der Waals surface area contributed by atoms with E-state index in [2.05, 4.69) is 26.1 Å². The van der Waals surface area contributed by atoms with Crippen LogP contribution in [0.1, 0.15) is 0 Å². The third-order valence-corrected chi connectivity index (χ3v) is 3.05. The molecule has 0 aliphatic carbocycles. The molecule has 0 spiro atoms. The summed E-state index contributed by atoms with van der Waals surface area (Å²) in [5, 5.41) is 6.58. The summed E-state index contributed by atoms with van der Waals surface area (Å²) in [5.41, 5.74) is 7.47. The summed E-state index contributed by atoms with van der Waals surface area (Å²) in [6.45, 7) is 0.225. The van der Waals surface area contributed by atoms with E-state index in [9.17, 15) is 0 Å². The van der Waals surface area contributed by atoms with Crippen LogP contribution in [0.4, 0.5) is 5.82 Å². The first-order chi connectivity index (χ1) is 7.77. The number of nitrogens with zero attached hydrogens (tertiary/aromatic N) is 1. The minimum absolute atomic E-state index is 0.225. The lowest BCUT2D eigenvalue weighted by Gasteiger charge is -2.05. The Morgan fingerprint density at radius 3 is 2.81 bits per heavy atom. The number of rotatable bonds is 1. The standard InChI is InChI=1S/C10H8BrN3O2/c11-7-2-1-5(6-3-13-14-10(6)12)8-9(7)16-4-15-8/h1-3H,4H2,(H3,12,13,14). The fourth-order valence-electron chi connectivity index (χ4n) is 1.69. The van der Waals surface area contributed by atoms with Crippen LogP contribution in [0.3, 0.4) is 0 Å². The number of hydrogen-bond acceptors (Lipinski definition) is 4. The van der Waals surface area contributed by atoms with Crippen molar-refractivity contribution in [3.8, 4) is 22.6 Å². The van der Waals surface area contributed by atoms with Crippen LogP contribution in [-0.4, -0.2) is 17.0 Å². The number of nitrogens with one attached hydrogen (secondary N) is 1. The highest BCUT2D eigenvalue weighted by atomic mass is 79.9. The normalized spacial score (nSPS) is 13.1. The molecule has 2 aromatic rings. The fourth-order valence-corrected chi connectivity index (χ4v) is 2.11. The Kier molecular flexibility index (Phi) is 2.03. The van der Waals surface area contributed by atoms with E-state index in [1.807, 2.05) is 12.1 Å². The van der Waals surface area contributed by atoms with Crippen molar-refractivity contribution in [3.63, 3.8) is 0 Å². The predicted octanol–water partition coefficient (Wildman–Crippen LogP) is 2.15. The molecular weight excluding hydrogens is 274 g/mol. The molecule has 16 heavy (non-hydrogen) atoms. The number of benzene rings is 1. The second-order valence-electron chi connectivity index (χ2n) is 3.36. The minimum atomic E-state index is 0.225. The van der Waals surface area contributed by atoms with Crippen LogP contribution >= 0.6 is 15.9 Å². The van der Waals surface area contributed by atoms with Gasteiger partial charge < -0.3 is 15.2 Å². The van der Waals surface area contributed by atoms with E-state index < -0.39 is 0 Å². The minimum Gasteiger partial charge on any atom is -0.453 e. The number of aromatic nitrogens is 2. The Labute approximate surface area is 99.7 Å². The van der Waals surface area contributed by atoms with Crippen LogP contribution in [0.2, 0.25) is 0 Å². The number of nitrogens with two attached hydrogens (primary N) is 1. The SMILES string of the molecule is Nc1[nH]ncc1-c1ccc(Br)c2c1OCO2. The summed E-state index contributed by atoms with van der Waals surface area (Å²) in [5.74, 6) is 1.92. The van der Waals surface area contributed by atoms with Crippen molar-refractivity contribution >= 4 is 21.7 Å². The molecule has 0 fully saturated rings. The van der Waals surface area contributed by atoms with Crippen molar-refractivity contribution < 1.29 is 9.47 Å². The molecular formula is C10H8BrN3O2. The third-order valence-electron chi connectivity index (χ3n) is 2.43. The molecule has 1 aliphatic heterocycles. The van der Waals surface area contributed by atoms with Gasteiger partial charge in [0.15, 0.2) is 11.5 Å². The highest BCUT2D eigenvalue weighted by Crippen LogP contribution is 2.46. The summed E-state index contributed by atoms with van der Waals surface area (Å²) in [6.07, 6.45) is 1.67. The molecule has 0 saturated carbocycles. The second-order valence-corrected chi connectivity index (χ2v) is 4.21. The van der Waals surface area contributed by atoms with E-state index in [-0.39, 0.29) is 6.79 Å². The van der Waals surface area contributed by atoms with Crippen molar-refractivity contribution in [1.29, 1.82) is 0 Å². The number of halogens is 1. The van der Waals surface area contributed by atoms with Crippen LogP contribution in [0.25, 0.3) is 11.1 Å². The van der Waals surface area contributed by atoms with Gasteiger partial charge in [0.2, 0.25) is 6.79 Å². The lowest BCUT2D eigenvalue weighted by molar-refractivity contribution is 0.174. The first kappa shape index (κ1) is 9.53. The lowest BCUT2D eigenvalue weighted by atomic mass is 10.1. The van der Waals surface area contributed by atoms with E-state index in [4.69, 9.17) is 15.2 Å². The number of nitrogen functional groups attached to an aromatic ring is 1. The topological polar surface area (TPSA) is 73.2 Å². The van der Waals surface area contributed by atoms with E-state index in [1.165, 1.54) is 0 Å². The molecule has 1 aromatic heterocycles. The van der Waals surface area contributed by atoms with Gasteiger partial charge in [-0.1, -0.05) is 0 Å². The van der Waals surface area contributed by atoms with Crippen LogP contribution in [-0.2, 0) is 0 Å². The summed E-state index contributed by atoms with van der Waals surface area (Å²) >= 11 is 3.40. The first-order valence-corrected chi connectivity index (χ1v) is 5.44. The molecule has 0 radical (unpaired) electrons. The highest BCUT2D eigenvalue weighted by Gasteiger charge is 2.23. The van der Waals surface area contributed by atoms with Crippen LogP contribution in [0, 0.1) is 0 Å². The van der Waals surface area contributed by atoms with Crippen molar-refractivity contribution in [2.75, 3.05) is 12.5 Å². The Bertz CT molecular complexity index is 553. The van der Waals surface area contributed by atoms with Gasteiger partial charge in [0.05, 0.1) is 10.7 Å². The van der Waals surface area contributed by atoms with Crippen LogP contribution in [0.5, 0.6) is 11.5 Å². The van der Waals surface area contributed by atoms with Crippen molar-refractivity contribution in [1.82, 2.24) is 10.2 Å². The molecule has 0 amide bonds. The Morgan fingerprint density at radius 1 is 1.25 bits per heavy atom. The molecule has 3 N–H and O–H groups in total. The average Bonchev–Trinajstić information content (AvgIpc) is 2.88. The second kappa shape index (κ2) is 3.41. The average molecular weight is 282 g/mol. The van der Waals surface area contributed by atoms with Gasteiger partial charge in [0.25, 0.3) is 0 Å². The summed E-state index contributed by atoms with van der Waals surface area (Å²) < 4.78 is 11.7. The number of ether oxygens (including phenoxy) is 2. The molecule has 6 heteroatoms. The number of H-pyrrole nitrogens is 1. The van der Waals surface area contributed by atoms with Gasteiger partial charge >= 0.3 is 0 Å².